The highest BCUT2D eigenvalue weighted by atomic mass is 16.7. The second-order valence-electron chi connectivity index (χ2n) is 5.09. The first-order chi connectivity index (χ1) is 10.1. The first-order valence-corrected chi connectivity index (χ1v) is 6.34. The van der Waals surface area contributed by atoms with E-state index in [2.05, 4.69) is 19.9 Å². The Hall–Kier alpha value is -2.32. The standard InChI is InChI=1S/C13H14N4O4/c1-12(11(18)19)6-20-13(21-7-12,10-15-4-5-16-10)9-2-3-14-8-17-9/h2-5,8H,6-7H2,1H3,(H,15,16)(H,18,19). The first-order valence-electron chi connectivity index (χ1n) is 6.34. The van der Waals surface area contributed by atoms with Crippen LogP contribution in [-0.4, -0.2) is 44.2 Å². The minimum absolute atomic E-state index is 0.0208. The summed E-state index contributed by atoms with van der Waals surface area (Å²) in [6.07, 6.45) is 6.13. The highest BCUT2D eigenvalue weighted by Crippen LogP contribution is 2.39. The lowest BCUT2D eigenvalue weighted by Gasteiger charge is -2.41. The number of aromatic amines is 1. The van der Waals surface area contributed by atoms with Gasteiger partial charge in [-0.05, 0) is 13.0 Å². The van der Waals surface area contributed by atoms with Gasteiger partial charge < -0.3 is 19.6 Å². The molecule has 110 valence electrons. The molecular weight excluding hydrogens is 276 g/mol. The number of hydrogen-bond donors (Lipinski definition) is 2. The van der Waals surface area contributed by atoms with Crippen molar-refractivity contribution in [3.8, 4) is 0 Å². The van der Waals surface area contributed by atoms with Gasteiger partial charge in [0, 0.05) is 18.6 Å². The van der Waals surface area contributed by atoms with Gasteiger partial charge in [0.15, 0.2) is 5.82 Å². The molecule has 0 bridgehead atoms. The molecule has 2 aromatic rings. The second-order valence-corrected chi connectivity index (χ2v) is 5.09. The van der Waals surface area contributed by atoms with Gasteiger partial charge >= 0.3 is 5.97 Å². The van der Waals surface area contributed by atoms with E-state index < -0.39 is 17.2 Å². The van der Waals surface area contributed by atoms with Crippen LogP contribution in [0.25, 0.3) is 0 Å². The maximum atomic E-state index is 11.3. The third-order valence-corrected chi connectivity index (χ3v) is 3.43. The zero-order valence-electron chi connectivity index (χ0n) is 11.3. The molecule has 1 aliphatic rings. The third-order valence-electron chi connectivity index (χ3n) is 3.43. The molecule has 21 heavy (non-hydrogen) atoms. The molecule has 8 heteroatoms. The Bertz CT molecular complexity index is 621. The molecule has 0 spiro atoms. The second kappa shape index (κ2) is 4.90. The summed E-state index contributed by atoms with van der Waals surface area (Å²) < 4.78 is 11.6. The van der Waals surface area contributed by atoms with Crippen molar-refractivity contribution in [2.24, 2.45) is 5.41 Å². The van der Waals surface area contributed by atoms with E-state index in [1.807, 2.05) is 0 Å². The van der Waals surface area contributed by atoms with Gasteiger partial charge in [0.1, 0.15) is 17.4 Å². The molecule has 1 fully saturated rings. The van der Waals surface area contributed by atoms with E-state index in [-0.39, 0.29) is 13.2 Å². The van der Waals surface area contributed by atoms with Crippen molar-refractivity contribution in [1.29, 1.82) is 0 Å². The molecular formula is C13H14N4O4. The summed E-state index contributed by atoms with van der Waals surface area (Å²) in [5.41, 5.74) is -0.650. The maximum absolute atomic E-state index is 11.3. The number of H-pyrrole nitrogens is 1. The number of imidazole rings is 1. The van der Waals surface area contributed by atoms with E-state index in [0.717, 1.165) is 0 Å². The van der Waals surface area contributed by atoms with Gasteiger partial charge in [-0.25, -0.2) is 15.0 Å². The molecule has 0 aliphatic carbocycles. The normalized spacial score (nSPS) is 29.2. The molecule has 0 radical (unpaired) electrons. The Labute approximate surface area is 120 Å². The lowest BCUT2D eigenvalue weighted by atomic mass is 9.91. The molecule has 1 saturated heterocycles. The van der Waals surface area contributed by atoms with Crippen molar-refractivity contribution < 1.29 is 19.4 Å². The van der Waals surface area contributed by atoms with E-state index in [1.165, 1.54) is 6.33 Å². The van der Waals surface area contributed by atoms with Gasteiger partial charge in [-0.1, -0.05) is 0 Å². The summed E-state index contributed by atoms with van der Waals surface area (Å²) in [5.74, 6) is -1.91. The van der Waals surface area contributed by atoms with E-state index in [9.17, 15) is 9.90 Å². The number of hydrogen-bond acceptors (Lipinski definition) is 6. The number of ether oxygens (including phenoxy) is 2. The number of nitrogens with one attached hydrogen (secondary N) is 1. The summed E-state index contributed by atoms with van der Waals surface area (Å²) in [5, 5.41) is 9.26. The number of carbonyl (C=O) groups is 1. The highest BCUT2D eigenvalue weighted by Gasteiger charge is 2.51. The predicted molar refractivity (Wildman–Crippen MR) is 69.0 cm³/mol. The van der Waals surface area contributed by atoms with Crippen molar-refractivity contribution in [2.75, 3.05) is 13.2 Å². The van der Waals surface area contributed by atoms with Crippen molar-refractivity contribution in [2.45, 2.75) is 12.7 Å². The molecule has 2 N–H and O–H groups in total. The fraction of sp³-hybridized carbons (Fsp3) is 0.385. The quantitative estimate of drug-likeness (QED) is 0.848. The molecule has 3 rings (SSSR count). The summed E-state index contributed by atoms with van der Waals surface area (Å²) in [6, 6.07) is 1.64. The Morgan fingerprint density at radius 3 is 2.62 bits per heavy atom. The van der Waals surface area contributed by atoms with Crippen molar-refractivity contribution in [3.05, 3.63) is 42.5 Å². The Morgan fingerprint density at radius 2 is 2.10 bits per heavy atom. The Morgan fingerprint density at radius 1 is 1.33 bits per heavy atom. The summed E-state index contributed by atoms with van der Waals surface area (Å²) in [6.45, 7) is 1.53. The van der Waals surface area contributed by atoms with Crippen molar-refractivity contribution in [1.82, 2.24) is 19.9 Å². The van der Waals surface area contributed by atoms with Crippen LogP contribution in [0.5, 0.6) is 0 Å². The van der Waals surface area contributed by atoms with Crippen molar-refractivity contribution >= 4 is 5.97 Å². The van der Waals surface area contributed by atoms with Crippen LogP contribution in [0.1, 0.15) is 18.4 Å². The van der Waals surface area contributed by atoms with Crippen LogP contribution in [0.2, 0.25) is 0 Å². The molecule has 8 nitrogen and oxygen atoms in total. The average Bonchev–Trinajstić information content (AvgIpc) is 3.04. The Balaban J connectivity index is 2.00. The van der Waals surface area contributed by atoms with Crippen LogP contribution in [0.3, 0.4) is 0 Å². The van der Waals surface area contributed by atoms with Crippen LogP contribution in [-0.2, 0) is 20.1 Å². The molecule has 0 amide bonds. The van der Waals surface area contributed by atoms with Gasteiger partial charge in [-0.3, -0.25) is 4.79 Å². The lowest BCUT2D eigenvalue weighted by Crippen LogP contribution is -2.51. The molecule has 3 heterocycles. The van der Waals surface area contributed by atoms with Gasteiger partial charge in [-0.2, -0.15) is 0 Å². The third kappa shape index (κ3) is 2.18. The molecule has 0 aromatic carbocycles. The monoisotopic (exact) mass is 290 g/mol. The molecule has 0 saturated carbocycles. The van der Waals surface area contributed by atoms with Gasteiger partial charge in [-0.15, -0.1) is 0 Å². The SMILES string of the molecule is CC1(C(=O)O)COC(c2ccncn2)(c2ncc[nH]2)OC1. The molecule has 2 aromatic heterocycles. The first kappa shape index (κ1) is 13.7. The highest BCUT2D eigenvalue weighted by molar-refractivity contribution is 5.74. The van der Waals surface area contributed by atoms with Gasteiger partial charge in [0.05, 0.1) is 13.2 Å². The van der Waals surface area contributed by atoms with E-state index >= 15 is 0 Å². The lowest BCUT2D eigenvalue weighted by molar-refractivity contribution is -0.290. The van der Waals surface area contributed by atoms with E-state index in [1.54, 1.807) is 31.6 Å². The molecule has 0 atom stereocenters. The van der Waals surface area contributed by atoms with Crippen LogP contribution in [0, 0.1) is 5.41 Å². The number of carboxylic acids is 1. The Kier molecular flexibility index (Phi) is 3.19. The fourth-order valence-electron chi connectivity index (χ4n) is 2.07. The number of carboxylic acid groups (broad SMARTS) is 1. The number of aromatic nitrogens is 4. The zero-order valence-corrected chi connectivity index (χ0v) is 11.3. The van der Waals surface area contributed by atoms with Crippen LogP contribution in [0.4, 0.5) is 0 Å². The minimum Gasteiger partial charge on any atom is -0.481 e. The van der Waals surface area contributed by atoms with E-state index in [0.29, 0.717) is 11.5 Å². The largest absolute Gasteiger partial charge is 0.481 e. The topological polar surface area (TPSA) is 110 Å². The van der Waals surface area contributed by atoms with Crippen molar-refractivity contribution in [3.63, 3.8) is 0 Å². The number of nitrogens with zero attached hydrogens (tertiary/aromatic N) is 3. The van der Waals surface area contributed by atoms with Crippen LogP contribution >= 0.6 is 0 Å². The predicted octanol–water partition coefficient (Wildman–Crippen LogP) is 0.538. The molecule has 1 aliphatic heterocycles. The average molecular weight is 290 g/mol. The van der Waals surface area contributed by atoms with Crippen LogP contribution < -0.4 is 0 Å². The number of aliphatic carboxylic acids is 1. The minimum atomic E-state index is -1.35. The van der Waals surface area contributed by atoms with Gasteiger partial charge in [0.25, 0.3) is 5.79 Å². The van der Waals surface area contributed by atoms with Crippen LogP contribution in [0.15, 0.2) is 31.0 Å². The maximum Gasteiger partial charge on any atom is 0.314 e. The fourth-order valence-corrected chi connectivity index (χ4v) is 2.07. The van der Waals surface area contributed by atoms with Gasteiger partial charge in [0.2, 0.25) is 0 Å². The molecule has 0 unspecified atom stereocenters. The summed E-state index contributed by atoms with van der Waals surface area (Å²) >= 11 is 0. The zero-order chi connectivity index (χ0) is 14.9. The number of rotatable bonds is 3. The summed E-state index contributed by atoms with van der Waals surface area (Å²) in [7, 11) is 0. The summed E-state index contributed by atoms with van der Waals surface area (Å²) in [4.78, 5) is 26.4. The van der Waals surface area contributed by atoms with E-state index in [4.69, 9.17) is 9.47 Å². The smallest absolute Gasteiger partial charge is 0.314 e.